The number of hydrogen-bond donors (Lipinski definition) is 2. The number of carbonyl (C=O) groups is 1. The molecule has 0 aliphatic rings. The number of amides is 1. The van der Waals surface area contributed by atoms with Crippen LogP contribution in [-0.4, -0.2) is 50.3 Å². The summed E-state index contributed by atoms with van der Waals surface area (Å²) in [6.45, 7) is -1.04. The molecule has 0 fully saturated rings. The smallest absolute Gasteiger partial charge is 0.422 e. The molecule has 96 valence electrons. The van der Waals surface area contributed by atoms with E-state index >= 15 is 0 Å². The Hall–Kier alpha value is -1.02. The Morgan fingerprint density at radius 3 is 2.56 bits per heavy atom. The lowest BCUT2D eigenvalue weighted by Gasteiger charge is -2.08. The number of alkyl halides is 3. The van der Waals surface area contributed by atoms with Gasteiger partial charge in [0.15, 0.2) is 6.61 Å². The predicted octanol–water partition coefficient (Wildman–Crippen LogP) is 0.674. The van der Waals surface area contributed by atoms with Crippen molar-refractivity contribution in [1.82, 2.24) is 5.32 Å². The number of ether oxygens (including phenoxy) is 2. The van der Waals surface area contributed by atoms with Crippen molar-refractivity contribution in [1.29, 1.82) is 0 Å². The maximum atomic E-state index is 11.6. The normalized spacial score (nSPS) is 11.2. The maximum Gasteiger partial charge on any atom is 0.422 e. The minimum absolute atomic E-state index is 0.0962. The topological polar surface area (TPSA) is 67.8 Å². The fourth-order valence-electron chi connectivity index (χ4n) is 0.730. The number of nitrogens with one attached hydrogen (secondary N) is 1. The lowest BCUT2D eigenvalue weighted by atomic mass is 10.4. The summed E-state index contributed by atoms with van der Waals surface area (Å²) in [5.74, 6) is 0. The van der Waals surface area contributed by atoms with Crippen molar-refractivity contribution in [3.63, 3.8) is 0 Å². The second-order valence-electron chi connectivity index (χ2n) is 2.81. The molecule has 0 aromatic rings. The average molecular weight is 245 g/mol. The van der Waals surface area contributed by atoms with Gasteiger partial charge in [-0.3, -0.25) is 0 Å². The highest BCUT2D eigenvalue weighted by molar-refractivity contribution is 5.67. The largest absolute Gasteiger partial charge is 0.440 e. The number of halogens is 3. The monoisotopic (exact) mass is 245 g/mol. The zero-order valence-electron chi connectivity index (χ0n) is 8.55. The minimum Gasteiger partial charge on any atom is -0.440 e. The summed E-state index contributed by atoms with van der Waals surface area (Å²) in [5.41, 5.74) is 0. The van der Waals surface area contributed by atoms with Gasteiger partial charge >= 0.3 is 12.3 Å². The van der Waals surface area contributed by atoms with Crippen molar-refractivity contribution < 1.29 is 32.5 Å². The van der Waals surface area contributed by atoms with Crippen LogP contribution in [-0.2, 0) is 9.47 Å². The van der Waals surface area contributed by atoms with E-state index in [0.29, 0.717) is 13.0 Å². The predicted molar refractivity (Wildman–Crippen MR) is 47.9 cm³/mol. The lowest BCUT2D eigenvalue weighted by molar-refractivity contribution is -0.160. The van der Waals surface area contributed by atoms with Crippen molar-refractivity contribution in [2.45, 2.75) is 12.6 Å². The third kappa shape index (κ3) is 11.1. The molecule has 0 aromatic carbocycles. The lowest BCUT2D eigenvalue weighted by Crippen LogP contribution is -2.30. The molecule has 2 N–H and O–H groups in total. The van der Waals surface area contributed by atoms with E-state index < -0.39 is 18.9 Å². The van der Waals surface area contributed by atoms with Crippen molar-refractivity contribution in [2.24, 2.45) is 0 Å². The zero-order chi connectivity index (χ0) is 12.4. The van der Waals surface area contributed by atoms with Gasteiger partial charge < -0.3 is 19.9 Å². The van der Waals surface area contributed by atoms with E-state index in [1.54, 1.807) is 0 Å². The van der Waals surface area contributed by atoms with E-state index in [2.05, 4.69) is 10.1 Å². The van der Waals surface area contributed by atoms with E-state index in [-0.39, 0.29) is 19.8 Å². The molecule has 1 amide bonds. The van der Waals surface area contributed by atoms with E-state index in [9.17, 15) is 18.0 Å². The first kappa shape index (κ1) is 15.0. The van der Waals surface area contributed by atoms with Gasteiger partial charge in [-0.15, -0.1) is 0 Å². The quantitative estimate of drug-likeness (QED) is 0.647. The number of carbonyl (C=O) groups excluding carboxylic acids is 1. The van der Waals surface area contributed by atoms with Gasteiger partial charge in [-0.1, -0.05) is 0 Å². The maximum absolute atomic E-state index is 11.6. The van der Waals surface area contributed by atoms with Gasteiger partial charge in [0.1, 0.15) is 0 Å². The standard InChI is InChI=1S/C8H14F3NO4/c9-8(10,11)6-16-7(14)12-2-1-4-15-5-3-13/h13H,1-6H2,(H,12,14). The Bertz CT molecular complexity index is 198. The summed E-state index contributed by atoms with van der Waals surface area (Å²) in [6.07, 6.45) is -5.19. The first-order valence-corrected chi connectivity index (χ1v) is 4.61. The van der Waals surface area contributed by atoms with Gasteiger partial charge in [-0.2, -0.15) is 13.2 Å². The molecule has 0 spiro atoms. The molecule has 0 saturated heterocycles. The van der Waals surface area contributed by atoms with Gasteiger partial charge in [0, 0.05) is 13.2 Å². The molecule has 0 saturated carbocycles. The van der Waals surface area contributed by atoms with Crippen LogP contribution >= 0.6 is 0 Å². The highest BCUT2D eigenvalue weighted by Crippen LogP contribution is 2.14. The van der Waals surface area contributed by atoms with E-state index in [4.69, 9.17) is 9.84 Å². The third-order valence-corrected chi connectivity index (χ3v) is 1.34. The van der Waals surface area contributed by atoms with Gasteiger partial charge in [0.05, 0.1) is 13.2 Å². The molecular weight excluding hydrogens is 231 g/mol. The Balaban J connectivity index is 3.31. The molecule has 8 heteroatoms. The number of alkyl carbamates (subject to hydrolysis) is 1. The van der Waals surface area contributed by atoms with Crippen LogP contribution in [0.4, 0.5) is 18.0 Å². The Kier molecular flexibility index (Phi) is 7.65. The second-order valence-corrected chi connectivity index (χ2v) is 2.81. The van der Waals surface area contributed by atoms with E-state index in [1.165, 1.54) is 0 Å². The highest BCUT2D eigenvalue weighted by Gasteiger charge is 2.29. The minimum atomic E-state index is -4.51. The molecule has 0 unspecified atom stereocenters. The molecule has 0 aromatic heterocycles. The average Bonchev–Trinajstić information content (AvgIpc) is 2.19. The molecule has 0 atom stereocenters. The molecule has 5 nitrogen and oxygen atoms in total. The summed E-state index contributed by atoms with van der Waals surface area (Å²) in [6, 6.07) is 0. The first-order chi connectivity index (χ1) is 7.45. The molecule has 0 radical (unpaired) electrons. The summed E-state index contributed by atoms with van der Waals surface area (Å²) >= 11 is 0. The van der Waals surface area contributed by atoms with Crippen LogP contribution in [0.5, 0.6) is 0 Å². The van der Waals surface area contributed by atoms with Gasteiger partial charge in [-0.25, -0.2) is 4.79 Å². The van der Waals surface area contributed by atoms with Crippen LogP contribution in [0.25, 0.3) is 0 Å². The fourth-order valence-corrected chi connectivity index (χ4v) is 0.730. The van der Waals surface area contributed by atoms with Crippen LogP contribution in [0.2, 0.25) is 0 Å². The van der Waals surface area contributed by atoms with Gasteiger partial charge in [-0.05, 0) is 6.42 Å². The van der Waals surface area contributed by atoms with E-state index in [1.807, 2.05) is 0 Å². The van der Waals surface area contributed by atoms with Crippen LogP contribution in [0.1, 0.15) is 6.42 Å². The molecule has 0 aliphatic carbocycles. The summed E-state index contributed by atoms with van der Waals surface area (Å²) in [7, 11) is 0. The highest BCUT2D eigenvalue weighted by atomic mass is 19.4. The number of aliphatic hydroxyl groups is 1. The number of aliphatic hydroxyl groups excluding tert-OH is 1. The first-order valence-electron chi connectivity index (χ1n) is 4.61. The van der Waals surface area contributed by atoms with Crippen molar-refractivity contribution >= 4 is 6.09 Å². The molecule has 0 bridgehead atoms. The summed E-state index contributed by atoms with van der Waals surface area (Å²) in [4.78, 5) is 10.7. The van der Waals surface area contributed by atoms with Crippen LogP contribution in [0.15, 0.2) is 0 Å². The Morgan fingerprint density at radius 2 is 2.00 bits per heavy atom. The second kappa shape index (κ2) is 8.17. The van der Waals surface area contributed by atoms with Crippen molar-refractivity contribution in [3.05, 3.63) is 0 Å². The van der Waals surface area contributed by atoms with Crippen molar-refractivity contribution in [3.8, 4) is 0 Å². The van der Waals surface area contributed by atoms with Gasteiger partial charge in [0.25, 0.3) is 0 Å². The van der Waals surface area contributed by atoms with Crippen LogP contribution < -0.4 is 5.32 Å². The molecule has 0 aliphatic heterocycles. The zero-order valence-corrected chi connectivity index (χ0v) is 8.55. The fraction of sp³-hybridized carbons (Fsp3) is 0.875. The van der Waals surface area contributed by atoms with Crippen LogP contribution in [0, 0.1) is 0 Å². The Morgan fingerprint density at radius 1 is 1.31 bits per heavy atom. The third-order valence-electron chi connectivity index (χ3n) is 1.34. The van der Waals surface area contributed by atoms with E-state index in [0.717, 1.165) is 0 Å². The molecular formula is C8H14F3NO4. The number of rotatable bonds is 7. The molecule has 16 heavy (non-hydrogen) atoms. The van der Waals surface area contributed by atoms with Crippen LogP contribution in [0.3, 0.4) is 0 Å². The number of hydrogen-bond acceptors (Lipinski definition) is 4. The van der Waals surface area contributed by atoms with Gasteiger partial charge in [0.2, 0.25) is 0 Å². The molecule has 0 rings (SSSR count). The molecule has 0 heterocycles. The summed E-state index contributed by atoms with van der Waals surface area (Å²) in [5, 5.41) is 10.5. The Labute approximate surface area is 90.5 Å². The summed E-state index contributed by atoms with van der Waals surface area (Å²) < 4.78 is 43.5. The van der Waals surface area contributed by atoms with Crippen molar-refractivity contribution in [2.75, 3.05) is 33.0 Å². The SMILES string of the molecule is O=C(NCCCOCCO)OCC(F)(F)F.